The van der Waals surface area contributed by atoms with Gasteiger partial charge >= 0.3 is 0 Å². The third kappa shape index (κ3) is 3.10. The largest absolute Gasteiger partial charge is 0.367 e. The van der Waals surface area contributed by atoms with E-state index in [1.807, 2.05) is 31.2 Å². The number of amides is 1. The second kappa shape index (κ2) is 5.52. The molecule has 98 valence electrons. The molecular weight excluding hydrogens is 240 g/mol. The summed E-state index contributed by atoms with van der Waals surface area (Å²) in [5, 5.41) is 0. The van der Waals surface area contributed by atoms with E-state index in [9.17, 15) is 9.59 Å². The van der Waals surface area contributed by atoms with Gasteiger partial charge in [-0.3, -0.25) is 9.59 Å². The average molecular weight is 256 g/mol. The highest BCUT2D eigenvalue weighted by Gasteiger charge is 2.14. The molecule has 4 heteroatoms. The van der Waals surface area contributed by atoms with Crippen LogP contribution in [0.25, 0.3) is 0 Å². The van der Waals surface area contributed by atoms with Crippen LogP contribution in [0.3, 0.4) is 0 Å². The minimum Gasteiger partial charge on any atom is -0.367 e. The lowest BCUT2D eigenvalue weighted by Gasteiger charge is -2.17. The molecule has 0 saturated carbocycles. The summed E-state index contributed by atoms with van der Waals surface area (Å²) in [5.41, 5.74) is 2.09. The van der Waals surface area contributed by atoms with E-state index in [-0.39, 0.29) is 16.9 Å². The van der Waals surface area contributed by atoms with Gasteiger partial charge in [0.15, 0.2) is 5.43 Å². The molecule has 0 bridgehead atoms. The third-order valence-electron chi connectivity index (χ3n) is 2.90. The van der Waals surface area contributed by atoms with Crippen molar-refractivity contribution in [3.05, 3.63) is 69.6 Å². The van der Waals surface area contributed by atoms with Gasteiger partial charge in [0.05, 0.1) is 0 Å². The standard InChI is InChI=1S/C15H16N2O2/c1-11-4-3-5-12(8-11)10-17(2)15(19)13-9-16-7-6-14(13)18/h3-9H,10H2,1-2H3,(H,16,18). The molecule has 1 amide bonds. The Bertz CT molecular complexity index is 646. The van der Waals surface area contributed by atoms with Gasteiger partial charge in [0, 0.05) is 32.1 Å². The summed E-state index contributed by atoms with van der Waals surface area (Å²) >= 11 is 0. The number of nitrogens with one attached hydrogen (secondary N) is 1. The molecule has 19 heavy (non-hydrogen) atoms. The number of carbonyl (C=O) groups excluding carboxylic acids is 1. The second-order valence-corrected chi connectivity index (χ2v) is 4.57. The van der Waals surface area contributed by atoms with Gasteiger partial charge in [0.25, 0.3) is 5.91 Å². The summed E-state index contributed by atoms with van der Waals surface area (Å²) in [5.74, 6) is -0.275. The van der Waals surface area contributed by atoms with Gasteiger partial charge in [-0.15, -0.1) is 0 Å². The van der Waals surface area contributed by atoms with Gasteiger partial charge in [-0.05, 0) is 12.5 Å². The predicted octanol–water partition coefficient (Wildman–Crippen LogP) is 1.96. The van der Waals surface area contributed by atoms with Crippen LogP contribution in [-0.4, -0.2) is 22.8 Å². The summed E-state index contributed by atoms with van der Waals surface area (Å²) in [4.78, 5) is 28.1. The Morgan fingerprint density at radius 2 is 2.11 bits per heavy atom. The van der Waals surface area contributed by atoms with Crippen molar-refractivity contribution < 1.29 is 4.79 Å². The molecule has 0 unspecified atom stereocenters. The fraction of sp³-hybridized carbons (Fsp3) is 0.200. The first kappa shape index (κ1) is 13.1. The number of pyridine rings is 1. The van der Waals surface area contributed by atoms with Crippen molar-refractivity contribution in [3.8, 4) is 0 Å². The average Bonchev–Trinajstić information content (AvgIpc) is 2.38. The summed E-state index contributed by atoms with van der Waals surface area (Å²) in [6.07, 6.45) is 2.96. The molecule has 0 saturated heterocycles. The number of aromatic nitrogens is 1. The van der Waals surface area contributed by atoms with Crippen LogP contribution in [0.1, 0.15) is 21.5 Å². The lowest BCUT2D eigenvalue weighted by molar-refractivity contribution is 0.0783. The smallest absolute Gasteiger partial charge is 0.259 e. The summed E-state index contributed by atoms with van der Waals surface area (Å²) in [7, 11) is 1.69. The maximum absolute atomic E-state index is 12.2. The van der Waals surface area contributed by atoms with E-state index < -0.39 is 0 Å². The van der Waals surface area contributed by atoms with Crippen molar-refractivity contribution in [2.75, 3.05) is 7.05 Å². The molecule has 0 spiro atoms. The second-order valence-electron chi connectivity index (χ2n) is 4.57. The van der Waals surface area contributed by atoms with E-state index in [2.05, 4.69) is 4.98 Å². The molecule has 2 aromatic rings. The molecule has 1 aromatic heterocycles. The van der Waals surface area contributed by atoms with Crippen LogP contribution in [0.5, 0.6) is 0 Å². The predicted molar refractivity (Wildman–Crippen MR) is 74.0 cm³/mol. The van der Waals surface area contributed by atoms with E-state index in [4.69, 9.17) is 0 Å². The number of rotatable bonds is 3. The quantitative estimate of drug-likeness (QED) is 0.912. The first-order valence-corrected chi connectivity index (χ1v) is 6.06. The molecule has 0 atom stereocenters. The van der Waals surface area contributed by atoms with E-state index in [0.29, 0.717) is 6.54 Å². The molecule has 0 fully saturated rings. The summed E-state index contributed by atoms with van der Waals surface area (Å²) in [6.45, 7) is 2.49. The number of H-pyrrole nitrogens is 1. The highest BCUT2D eigenvalue weighted by Crippen LogP contribution is 2.08. The molecule has 0 aliphatic rings. The van der Waals surface area contributed by atoms with Crippen molar-refractivity contribution in [2.24, 2.45) is 0 Å². The Balaban J connectivity index is 2.17. The zero-order valence-corrected chi connectivity index (χ0v) is 11.0. The molecule has 0 aliphatic heterocycles. The Labute approximate surface area is 111 Å². The van der Waals surface area contributed by atoms with Crippen LogP contribution in [0.4, 0.5) is 0 Å². The Hall–Kier alpha value is -2.36. The SMILES string of the molecule is Cc1cccc(CN(C)C(=O)c2c[nH]ccc2=O)c1. The van der Waals surface area contributed by atoms with E-state index in [1.54, 1.807) is 11.9 Å². The number of hydrogen-bond donors (Lipinski definition) is 1. The first-order valence-electron chi connectivity index (χ1n) is 6.06. The number of carbonyl (C=O) groups is 1. The lowest BCUT2D eigenvalue weighted by Crippen LogP contribution is -2.30. The van der Waals surface area contributed by atoms with Gasteiger partial charge in [0.2, 0.25) is 0 Å². The molecule has 0 aliphatic carbocycles. The first-order chi connectivity index (χ1) is 9.08. The van der Waals surface area contributed by atoms with Crippen LogP contribution < -0.4 is 5.43 Å². The Morgan fingerprint density at radius 1 is 1.32 bits per heavy atom. The molecule has 4 nitrogen and oxygen atoms in total. The van der Waals surface area contributed by atoms with Crippen molar-refractivity contribution in [3.63, 3.8) is 0 Å². The highest BCUT2D eigenvalue weighted by molar-refractivity contribution is 5.93. The Morgan fingerprint density at radius 3 is 2.79 bits per heavy atom. The molecule has 1 heterocycles. The zero-order valence-electron chi connectivity index (χ0n) is 11.0. The number of aryl methyl sites for hydroxylation is 1. The lowest BCUT2D eigenvalue weighted by atomic mass is 10.1. The zero-order chi connectivity index (χ0) is 13.8. The topological polar surface area (TPSA) is 53.2 Å². The normalized spacial score (nSPS) is 10.2. The van der Waals surface area contributed by atoms with Crippen molar-refractivity contribution >= 4 is 5.91 Å². The van der Waals surface area contributed by atoms with Gasteiger partial charge in [-0.25, -0.2) is 0 Å². The van der Waals surface area contributed by atoms with Gasteiger partial charge in [0.1, 0.15) is 5.56 Å². The van der Waals surface area contributed by atoms with Crippen molar-refractivity contribution in [1.29, 1.82) is 0 Å². The minimum atomic E-state index is -0.275. The Kier molecular flexibility index (Phi) is 3.80. The maximum Gasteiger partial charge on any atom is 0.259 e. The molecule has 1 aromatic carbocycles. The number of nitrogens with zero attached hydrogens (tertiary/aromatic N) is 1. The fourth-order valence-electron chi connectivity index (χ4n) is 1.95. The molecule has 1 N–H and O–H groups in total. The van der Waals surface area contributed by atoms with E-state index in [0.717, 1.165) is 11.1 Å². The molecule has 2 rings (SSSR count). The number of hydrogen-bond acceptors (Lipinski definition) is 2. The van der Waals surface area contributed by atoms with Gasteiger partial charge in [-0.2, -0.15) is 0 Å². The van der Waals surface area contributed by atoms with Crippen LogP contribution in [0.2, 0.25) is 0 Å². The van der Waals surface area contributed by atoms with Gasteiger partial charge in [-0.1, -0.05) is 29.8 Å². The van der Waals surface area contributed by atoms with Crippen molar-refractivity contribution in [2.45, 2.75) is 13.5 Å². The van der Waals surface area contributed by atoms with Crippen LogP contribution in [0.15, 0.2) is 47.5 Å². The third-order valence-corrected chi connectivity index (χ3v) is 2.90. The van der Waals surface area contributed by atoms with Crippen LogP contribution >= 0.6 is 0 Å². The van der Waals surface area contributed by atoms with Crippen molar-refractivity contribution in [1.82, 2.24) is 9.88 Å². The number of benzene rings is 1. The molecular formula is C15H16N2O2. The highest BCUT2D eigenvalue weighted by atomic mass is 16.2. The van der Waals surface area contributed by atoms with Crippen LogP contribution in [-0.2, 0) is 6.54 Å². The number of aromatic amines is 1. The summed E-state index contributed by atoms with van der Waals surface area (Å²) < 4.78 is 0. The van der Waals surface area contributed by atoms with E-state index >= 15 is 0 Å². The molecule has 0 radical (unpaired) electrons. The minimum absolute atomic E-state index is 0.164. The van der Waals surface area contributed by atoms with Gasteiger partial charge < -0.3 is 9.88 Å². The van der Waals surface area contributed by atoms with Crippen LogP contribution in [0, 0.1) is 6.92 Å². The van der Waals surface area contributed by atoms with E-state index in [1.165, 1.54) is 18.5 Å². The fourth-order valence-corrected chi connectivity index (χ4v) is 1.95. The summed E-state index contributed by atoms with van der Waals surface area (Å²) in [6, 6.07) is 9.31. The maximum atomic E-state index is 12.2. The monoisotopic (exact) mass is 256 g/mol.